The van der Waals surface area contributed by atoms with Crippen molar-refractivity contribution >= 4 is 18.3 Å². The van der Waals surface area contributed by atoms with Gasteiger partial charge in [-0.2, -0.15) is 0 Å². The average Bonchev–Trinajstić information content (AvgIpc) is 2.71. The molecule has 0 saturated carbocycles. The van der Waals surface area contributed by atoms with Crippen LogP contribution in [0.1, 0.15) is 35.2 Å². The molecular weight excluding hydrogens is 279 g/mol. The third-order valence-electron chi connectivity index (χ3n) is 4.24. The van der Waals surface area contributed by atoms with Crippen LogP contribution in [0.4, 0.5) is 4.39 Å². The van der Waals surface area contributed by atoms with E-state index in [1.165, 1.54) is 18.6 Å². The molecule has 2 unspecified atom stereocenters. The number of carbonyl (C=O) groups excluding carboxylic acids is 1. The smallest absolute Gasteiger partial charge is 0.254 e. The van der Waals surface area contributed by atoms with Crippen LogP contribution in [-0.4, -0.2) is 36.0 Å². The lowest BCUT2D eigenvalue weighted by molar-refractivity contribution is 0.0747. The molecule has 3 rings (SSSR count). The molecule has 0 radical (unpaired) electrons. The van der Waals surface area contributed by atoms with Crippen molar-refractivity contribution < 1.29 is 9.18 Å². The van der Waals surface area contributed by atoms with E-state index in [1.54, 1.807) is 6.07 Å². The van der Waals surface area contributed by atoms with Crippen LogP contribution < -0.4 is 5.32 Å². The summed E-state index contributed by atoms with van der Waals surface area (Å²) < 4.78 is 13.3. The predicted octanol–water partition coefficient (Wildman–Crippen LogP) is 2.52. The first kappa shape index (κ1) is 15.3. The van der Waals surface area contributed by atoms with Crippen molar-refractivity contribution in [2.75, 3.05) is 13.1 Å². The number of hydrogen-bond donors (Lipinski definition) is 1. The molecular formula is C15H20ClFN2O. The zero-order chi connectivity index (χ0) is 13.4. The Labute approximate surface area is 124 Å². The van der Waals surface area contributed by atoms with Crippen molar-refractivity contribution in [2.45, 2.75) is 38.3 Å². The SMILES string of the molecule is Cc1ccc(F)cc1C(=O)N1CCC2CCC(C1)N2.Cl. The van der Waals surface area contributed by atoms with E-state index in [-0.39, 0.29) is 24.1 Å². The van der Waals surface area contributed by atoms with Crippen molar-refractivity contribution in [3.63, 3.8) is 0 Å². The number of nitrogens with zero attached hydrogens (tertiary/aromatic N) is 1. The zero-order valence-electron chi connectivity index (χ0n) is 11.6. The summed E-state index contributed by atoms with van der Waals surface area (Å²) in [5.41, 5.74) is 1.34. The Hall–Kier alpha value is -1.13. The average molecular weight is 299 g/mol. The lowest BCUT2D eigenvalue weighted by Crippen LogP contribution is -2.39. The maximum Gasteiger partial charge on any atom is 0.254 e. The van der Waals surface area contributed by atoms with Gasteiger partial charge in [-0.25, -0.2) is 4.39 Å². The number of halogens is 2. The van der Waals surface area contributed by atoms with E-state index in [2.05, 4.69) is 5.32 Å². The highest BCUT2D eigenvalue weighted by atomic mass is 35.5. The monoisotopic (exact) mass is 298 g/mol. The van der Waals surface area contributed by atoms with Crippen molar-refractivity contribution in [2.24, 2.45) is 0 Å². The maximum atomic E-state index is 13.3. The van der Waals surface area contributed by atoms with Gasteiger partial charge in [0.2, 0.25) is 0 Å². The first-order valence-electron chi connectivity index (χ1n) is 6.95. The number of likely N-dealkylation sites (tertiary alicyclic amines) is 1. The van der Waals surface area contributed by atoms with Crippen LogP contribution in [-0.2, 0) is 0 Å². The Bertz CT molecular complexity index is 509. The molecule has 2 bridgehead atoms. The topological polar surface area (TPSA) is 32.3 Å². The minimum absolute atomic E-state index is 0. The standard InChI is InChI=1S/C15H19FN2O.ClH/c1-10-2-3-11(16)8-14(10)15(19)18-7-6-12-4-5-13(9-18)17-12;/h2-3,8,12-13,17H,4-7,9H2,1H3;1H. The number of nitrogens with one attached hydrogen (secondary N) is 1. The third-order valence-corrected chi connectivity index (χ3v) is 4.24. The molecule has 110 valence electrons. The van der Waals surface area contributed by atoms with Gasteiger partial charge in [0.25, 0.3) is 5.91 Å². The molecule has 2 heterocycles. The number of amides is 1. The Morgan fingerprint density at radius 2 is 2.05 bits per heavy atom. The first-order chi connectivity index (χ1) is 9.13. The number of carbonyl (C=O) groups is 1. The molecule has 2 aliphatic rings. The van der Waals surface area contributed by atoms with E-state index in [9.17, 15) is 9.18 Å². The van der Waals surface area contributed by atoms with Gasteiger partial charge in [0.1, 0.15) is 5.82 Å². The lowest BCUT2D eigenvalue weighted by Gasteiger charge is -2.25. The largest absolute Gasteiger partial charge is 0.337 e. The molecule has 20 heavy (non-hydrogen) atoms. The van der Waals surface area contributed by atoms with Crippen LogP contribution in [0, 0.1) is 12.7 Å². The number of hydrogen-bond acceptors (Lipinski definition) is 2. The molecule has 1 aromatic carbocycles. The molecule has 0 spiro atoms. The van der Waals surface area contributed by atoms with Crippen LogP contribution in [0.25, 0.3) is 0 Å². The summed E-state index contributed by atoms with van der Waals surface area (Å²) >= 11 is 0. The van der Waals surface area contributed by atoms with Crippen LogP contribution in [0.15, 0.2) is 18.2 Å². The second kappa shape index (κ2) is 6.10. The minimum atomic E-state index is -0.344. The first-order valence-corrected chi connectivity index (χ1v) is 6.95. The van der Waals surface area contributed by atoms with Crippen molar-refractivity contribution in [1.82, 2.24) is 10.2 Å². The normalized spacial score (nSPS) is 25.0. The van der Waals surface area contributed by atoms with Crippen molar-refractivity contribution in [1.29, 1.82) is 0 Å². The van der Waals surface area contributed by atoms with Crippen LogP contribution >= 0.6 is 12.4 Å². The summed E-state index contributed by atoms with van der Waals surface area (Å²) in [5, 5.41) is 3.55. The molecule has 5 heteroatoms. The van der Waals surface area contributed by atoms with E-state index in [4.69, 9.17) is 0 Å². The Balaban J connectivity index is 0.00000147. The van der Waals surface area contributed by atoms with Gasteiger partial charge in [0, 0.05) is 30.7 Å². The molecule has 0 aliphatic carbocycles. The Morgan fingerprint density at radius 3 is 2.85 bits per heavy atom. The summed E-state index contributed by atoms with van der Waals surface area (Å²) in [6.45, 7) is 3.36. The number of rotatable bonds is 1. The second-order valence-corrected chi connectivity index (χ2v) is 5.64. The molecule has 3 nitrogen and oxygen atoms in total. The highest BCUT2D eigenvalue weighted by Crippen LogP contribution is 2.22. The maximum absolute atomic E-state index is 13.3. The molecule has 1 aromatic rings. The third kappa shape index (κ3) is 2.96. The lowest BCUT2D eigenvalue weighted by atomic mass is 10.0. The number of benzene rings is 1. The fraction of sp³-hybridized carbons (Fsp3) is 0.533. The van der Waals surface area contributed by atoms with Crippen molar-refractivity contribution in [3.8, 4) is 0 Å². The Morgan fingerprint density at radius 1 is 1.30 bits per heavy atom. The molecule has 2 fully saturated rings. The zero-order valence-corrected chi connectivity index (χ0v) is 12.4. The highest BCUT2D eigenvalue weighted by Gasteiger charge is 2.31. The summed E-state index contributed by atoms with van der Waals surface area (Å²) in [6, 6.07) is 5.39. The van der Waals surface area contributed by atoms with Crippen LogP contribution in [0.3, 0.4) is 0 Å². The van der Waals surface area contributed by atoms with Crippen LogP contribution in [0.2, 0.25) is 0 Å². The molecule has 2 atom stereocenters. The predicted molar refractivity (Wildman–Crippen MR) is 78.9 cm³/mol. The summed E-state index contributed by atoms with van der Waals surface area (Å²) in [5.74, 6) is -0.380. The highest BCUT2D eigenvalue weighted by molar-refractivity contribution is 5.95. The van der Waals surface area contributed by atoms with Gasteiger partial charge in [0.05, 0.1) is 0 Å². The summed E-state index contributed by atoms with van der Waals surface area (Å²) in [4.78, 5) is 14.4. The van der Waals surface area contributed by atoms with Crippen molar-refractivity contribution in [3.05, 3.63) is 35.1 Å². The number of aryl methyl sites for hydroxylation is 1. The molecule has 2 aliphatic heterocycles. The minimum Gasteiger partial charge on any atom is -0.337 e. The molecule has 2 saturated heterocycles. The fourth-order valence-electron chi connectivity index (χ4n) is 3.12. The number of fused-ring (bicyclic) bond motifs is 2. The van der Waals surface area contributed by atoms with Gasteiger partial charge in [-0.1, -0.05) is 6.07 Å². The van der Waals surface area contributed by atoms with Gasteiger partial charge in [-0.3, -0.25) is 4.79 Å². The van der Waals surface area contributed by atoms with Gasteiger partial charge >= 0.3 is 0 Å². The molecule has 1 N–H and O–H groups in total. The van der Waals surface area contributed by atoms with E-state index in [1.807, 2.05) is 11.8 Å². The van der Waals surface area contributed by atoms with Gasteiger partial charge in [0.15, 0.2) is 0 Å². The molecule has 0 aromatic heterocycles. The summed E-state index contributed by atoms with van der Waals surface area (Å²) in [6.07, 6.45) is 3.35. The quantitative estimate of drug-likeness (QED) is 0.864. The van der Waals surface area contributed by atoms with Crippen LogP contribution in [0.5, 0.6) is 0 Å². The second-order valence-electron chi connectivity index (χ2n) is 5.64. The fourth-order valence-corrected chi connectivity index (χ4v) is 3.12. The summed E-state index contributed by atoms with van der Waals surface area (Å²) in [7, 11) is 0. The van der Waals surface area contributed by atoms with E-state index in [0.717, 1.165) is 31.5 Å². The van der Waals surface area contributed by atoms with Gasteiger partial charge in [-0.05, 0) is 43.9 Å². The van der Waals surface area contributed by atoms with Gasteiger partial charge < -0.3 is 10.2 Å². The molecule has 1 amide bonds. The van der Waals surface area contributed by atoms with E-state index in [0.29, 0.717) is 17.6 Å². The van der Waals surface area contributed by atoms with E-state index < -0.39 is 0 Å². The Kier molecular flexibility index (Phi) is 4.66. The van der Waals surface area contributed by atoms with E-state index >= 15 is 0 Å². The van der Waals surface area contributed by atoms with Gasteiger partial charge in [-0.15, -0.1) is 12.4 Å².